The van der Waals surface area contributed by atoms with Crippen molar-refractivity contribution in [2.75, 3.05) is 24.3 Å². The molecule has 5 N–H and O–H groups in total. The van der Waals surface area contributed by atoms with Gasteiger partial charge in [0.1, 0.15) is 50.8 Å². The van der Waals surface area contributed by atoms with Gasteiger partial charge in [0.2, 0.25) is 5.78 Å². The fraction of sp³-hybridized carbons (Fsp3) is 0.356. The lowest BCUT2D eigenvalue weighted by Gasteiger charge is -2.20. The van der Waals surface area contributed by atoms with E-state index in [1.807, 2.05) is 184 Å². The highest BCUT2D eigenvalue weighted by Crippen LogP contribution is 2.20. The zero-order valence-corrected chi connectivity index (χ0v) is 64.1. The number of pyridine rings is 5. The number of aromatic nitrogens is 9. The highest BCUT2D eigenvalue weighted by molar-refractivity contribution is 9.11. The summed E-state index contributed by atoms with van der Waals surface area (Å²) in [7, 11) is -3.54. The number of anilines is 1. The summed E-state index contributed by atoms with van der Waals surface area (Å²) in [5.41, 5.74) is 10.9. The van der Waals surface area contributed by atoms with Gasteiger partial charge in [-0.3, -0.25) is 14.7 Å². The summed E-state index contributed by atoms with van der Waals surface area (Å²) in [6.45, 7) is 27.0. The SMILES string of the molecule is CC.CC(C)(C)S(=O)N=Cc1cn2cc(Br)ccc2n1.CC(C)(C)[S@@](N)=O.CC(NS(=O)C(C)(C)C)c1cn2cc(Br)ccc2n1.CCOC(=O)C(=O)CBr.CCOC(=O)c1cn2cc(Br)ccc2n1.Nc1ccc(Br)cn1.O=Cc1cn2cc(Br)ccc2n1. The van der Waals surface area contributed by atoms with E-state index in [0.717, 1.165) is 56.9 Å². The first-order valence-electron chi connectivity index (χ1n) is 27.2. The van der Waals surface area contributed by atoms with E-state index in [0.29, 0.717) is 29.5 Å². The summed E-state index contributed by atoms with van der Waals surface area (Å²) < 4.78 is 62.0. The molecule has 0 radical (unpaired) electrons. The lowest BCUT2D eigenvalue weighted by molar-refractivity contribution is -0.152. The molecular weight excluding hydrogens is 1610 g/mol. The highest BCUT2D eigenvalue weighted by atomic mass is 79.9. The molecule has 9 heterocycles. The molecule has 22 nitrogen and oxygen atoms in total. The molecule has 0 aromatic carbocycles. The van der Waals surface area contributed by atoms with E-state index in [1.54, 1.807) is 53.5 Å². The summed E-state index contributed by atoms with van der Waals surface area (Å²) in [6.07, 6.45) is 18.7. The van der Waals surface area contributed by atoms with E-state index < -0.39 is 50.7 Å². The molecule has 0 bridgehead atoms. The van der Waals surface area contributed by atoms with Gasteiger partial charge in [-0.2, -0.15) is 4.40 Å². The minimum Gasteiger partial charge on any atom is -0.461 e. The summed E-state index contributed by atoms with van der Waals surface area (Å²) in [5.74, 6) is -1.16. The molecule has 0 aliphatic rings. The van der Waals surface area contributed by atoms with Crippen molar-refractivity contribution in [2.24, 2.45) is 9.54 Å². The molecule has 9 rings (SSSR count). The van der Waals surface area contributed by atoms with Crippen LogP contribution in [-0.2, 0) is 52.0 Å². The lowest BCUT2D eigenvalue weighted by atomic mass is 10.3. The van der Waals surface area contributed by atoms with Gasteiger partial charge in [0, 0.05) is 78.1 Å². The zero-order chi connectivity index (χ0) is 68.3. The fourth-order valence-electron chi connectivity index (χ4n) is 5.86. The number of carbonyl (C=O) groups is 4. The fourth-order valence-corrected chi connectivity index (χ4v) is 9.05. The third kappa shape index (κ3) is 29.2. The van der Waals surface area contributed by atoms with Crippen LogP contribution in [-0.4, -0.2) is 118 Å². The molecule has 490 valence electrons. The Morgan fingerprint density at radius 1 is 0.611 bits per heavy atom. The van der Waals surface area contributed by atoms with Crippen molar-refractivity contribution in [1.82, 2.24) is 47.2 Å². The van der Waals surface area contributed by atoms with Gasteiger partial charge >= 0.3 is 11.9 Å². The van der Waals surface area contributed by atoms with Gasteiger partial charge in [-0.15, -0.1) is 0 Å². The first-order chi connectivity index (χ1) is 42.1. The molecule has 90 heavy (non-hydrogen) atoms. The van der Waals surface area contributed by atoms with Gasteiger partial charge in [0.05, 0.1) is 72.7 Å². The van der Waals surface area contributed by atoms with Crippen LogP contribution in [0.5, 0.6) is 0 Å². The number of ether oxygens (including phenoxy) is 2. The summed E-state index contributed by atoms with van der Waals surface area (Å²) >= 11 is 19.6. The quantitative estimate of drug-likeness (QED) is 0.0356. The van der Waals surface area contributed by atoms with Crippen molar-refractivity contribution in [3.63, 3.8) is 0 Å². The predicted molar refractivity (Wildman–Crippen MR) is 383 cm³/mol. The number of ketones is 1. The number of nitrogens with two attached hydrogens (primary N) is 2. The van der Waals surface area contributed by atoms with Crippen LogP contribution >= 0.6 is 95.6 Å². The number of hydrogen-bond acceptors (Lipinski definition) is 15. The molecule has 4 atom stereocenters. The minimum absolute atomic E-state index is 0.0336. The largest absolute Gasteiger partial charge is 0.461 e. The Labute approximate surface area is 582 Å². The van der Waals surface area contributed by atoms with E-state index in [1.165, 1.54) is 0 Å². The van der Waals surface area contributed by atoms with Crippen LogP contribution in [0, 0.1) is 0 Å². The number of aldehydes is 1. The second kappa shape index (κ2) is 39.5. The predicted octanol–water partition coefficient (Wildman–Crippen LogP) is 13.7. The normalized spacial score (nSPS) is 12.4. The number of hydrogen-bond donors (Lipinski definition) is 3. The average molecular weight is 1690 g/mol. The third-order valence-corrected chi connectivity index (χ3v) is 17.5. The molecule has 0 spiro atoms. The third-order valence-electron chi connectivity index (χ3n) is 10.4. The number of imidazole rings is 4. The Hall–Kier alpha value is -5.09. The van der Waals surface area contributed by atoms with E-state index in [2.05, 4.69) is 134 Å². The topological polar surface area (TPSA) is 296 Å². The number of esters is 2. The lowest BCUT2D eigenvalue weighted by Crippen LogP contribution is -2.34. The first kappa shape index (κ1) is 81.0. The number of fused-ring (bicyclic) bond motifs is 4. The Morgan fingerprint density at radius 2 is 1.03 bits per heavy atom. The maximum absolute atomic E-state index is 12.1. The van der Waals surface area contributed by atoms with E-state index in [9.17, 15) is 31.8 Å². The molecular formula is C59H75Br6N13O9S3. The molecule has 0 saturated carbocycles. The molecule has 0 aliphatic carbocycles. The van der Waals surface area contributed by atoms with Crippen LogP contribution in [0.4, 0.5) is 5.82 Å². The van der Waals surface area contributed by atoms with Crippen molar-refractivity contribution in [2.45, 2.75) is 117 Å². The number of alkyl halides is 1. The number of carbonyl (C=O) groups excluding carboxylic acids is 4. The minimum atomic E-state index is -1.25. The van der Waals surface area contributed by atoms with Crippen molar-refractivity contribution in [3.8, 4) is 0 Å². The van der Waals surface area contributed by atoms with Crippen molar-refractivity contribution < 1.29 is 41.3 Å². The number of nitrogens with one attached hydrogen (secondary N) is 1. The second-order valence-electron chi connectivity index (χ2n) is 20.8. The van der Waals surface area contributed by atoms with Crippen LogP contribution in [0.15, 0.2) is 143 Å². The van der Waals surface area contributed by atoms with Gasteiger partial charge in [-0.25, -0.2) is 51.9 Å². The van der Waals surface area contributed by atoms with E-state index in [4.69, 9.17) is 15.6 Å². The number of nitrogen functional groups attached to an aromatic ring is 1. The smallest absolute Gasteiger partial charge is 0.375 e. The van der Waals surface area contributed by atoms with Crippen LogP contribution in [0.1, 0.15) is 135 Å². The van der Waals surface area contributed by atoms with Gasteiger partial charge in [-0.05, 0) is 223 Å². The maximum Gasteiger partial charge on any atom is 0.375 e. The number of rotatable bonds is 11. The standard InChI is InChI=1S/C13H18BrN3OS.C12H14BrN3OS.C10H9BrN2O2.C8H5BrN2O.C5H5BrN2.C5H7BrO3.C4H11NOS.C2H6/c1-9(16-19(18)13(2,3)4)11-8-17-7-10(14)5-6-12(17)15-11;1-12(2,3)18(17)14-6-10-8-16-7-9(13)4-5-11(16)15-10;1-2-15-10(14)8-6-13-5-7(11)3-4-9(13)12-8;9-6-1-2-8-10-7(5-12)4-11(8)3-6;6-4-1-2-5(7)8-3-4;1-2-9-5(8)4(7)3-6;1-4(2,3)7(5)6;1-2/h5-9,16H,1-4H3;4-8H,1-3H3;3-6H,2H2,1H3;1-5H;1-3H,(H2,7,8);2-3H2,1H3;5H2,1-3H3;1-2H3/t;;;;;;7-;/m......0./s1. The molecule has 9 aromatic heterocycles. The number of nitrogens with zero attached hydrogens (tertiary/aromatic N) is 10. The molecule has 0 aliphatic heterocycles. The molecule has 3 unspecified atom stereocenters. The Morgan fingerprint density at radius 3 is 1.43 bits per heavy atom. The summed E-state index contributed by atoms with van der Waals surface area (Å²) in [6, 6.07) is 18.7. The van der Waals surface area contributed by atoms with Gasteiger partial charge in [0.25, 0.3) is 0 Å². The zero-order valence-electron chi connectivity index (χ0n) is 52.1. The van der Waals surface area contributed by atoms with Crippen molar-refractivity contribution in [3.05, 3.63) is 162 Å². The van der Waals surface area contributed by atoms with Crippen LogP contribution in [0.2, 0.25) is 0 Å². The van der Waals surface area contributed by atoms with E-state index in [-0.39, 0.29) is 32.2 Å². The van der Waals surface area contributed by atoms with Gasteiger partial charge in [-0.1, -0.05) is 29.8 Å². The van der Waals surface area contributed by atoms with Gasteiger partial charge in [0.15, 0.2) is 12.0 Å². The average Bonchev–Trinajstić information content (AvgIpc) is 2.64. The van der Waals surface area contributed by atoms with Crippen LogP contribution < -0.4 is 15.6 Å². The molecule has 9 aromatic rings. The first-order valence-corrected chi connectivity index (χ1v) is 35.8. The molecule has 0 saturated heterocycles. The Bertz CT molecular complexity index is 3860. The van der Waals surface area contributed by atoms with Crippen LogP contribution in [0.3, 0.4) is 0 Å². The molecule has 0 amide bonds. The maximum atomic E-state index is 12.1. The van der Waals surface area contributed by atoms with E-state index >= 15 is 0 Å². The Kier molecular flexibility index (Phi) is 35.5. The van der Waals surface area contributed by atoms with Crippen molar-refractivity contribution >= 4 is 187 Å². The summed E-state index contributed by atoms with van der Waals surface area (Å²) in [4.78, 5) is 63.4. The monoisotopic (exact) mass is 1680 g/mol. The highest BCUT2D eigenvalue weighted by Gasteiger charge is 2.23. The second-order valence-corrected chi connectivity index (χ2v) is 31.7. The molecule has 0 fully saturated rings. The van der Waals surface area contributed by atoms with Gasteiger partial charge < -0.3 is 32.8 Å². The van der Waals surface area contributed by atoms with Crippen LogP contribution in [0.25, 0.3) is 22.6 Å². The summed E-state index contributed by atoms with van der Waals surface area (Å²) in [5, 5.41) is 5.08. The Balaban J connectivity index is 0.000000366. The number of halogens is 6. The van der Waals surface area contributed by atoms with Crippen molar-refractivity contribution in [1.29, 1.82) is 0 Å². The molecule has 31 heteroatoms. The number of Topliss-reactive ketones (excluding diaryl/α,β-unsaturated/α-hetero) is 1.